The average Bonchev–Trinajstić information content (AvgIpc) is 3.15. The summed E-state index contributed by atoms with van der Waals surface area (Å²) in [7, 11) is 1.59. The molecule has 176 valence electrons. The molecule has 2 aromatic heterocycles. The van der Waals surface area contributed by atoms with Crippen LogP contribution in [0, 0.1) is 20.8 Å². The maximum atomic E-state index is 13.7. The van der Waals surface area contributed by atoms with Crippen molar-refractivity contribution in [1.82, 2.24) is 9.55 Å². The highest BCUT2D eigenvalue weighted by Crippen LogP contribution is 2.31. The molecule has 4 rings (SSSR count). The number of thiophene rings is 1. The Kier molecular flexibility index (Phi) is 7.09. The third-order valence-corrected chi connectivity index (χ3v) is 8.01. The van der Waals surface area contributed by atoms with Gasteiger partial charge in [0.25, 0.3) is 5.56 Å². The number of rotatable bonds is 7. The van der Waals surface area contributed by atoms with Crippen molar-refractivity contribution in [1.29, 1.82) is 0 Å². The number of para-hydroxylation sites is 1. The largest absolute Gasteiger partial charge is 0.497 e. The minimum Gasteiger partial charge on any atom is -0.497 e. The SMILES string of the molecule is CCc1sc2nc(SCC(=O)Nc3c(C)cccc3C)n(-c3cccc(OC)c3)c(=O)c2c1C. The summed E-state index contributed by atoms with van der Waals surface area (Å²) in [6.45, 7) is 7.99. The van der Waals surface area contributed by atoms with Gasteiger partial charge in [-0.3, -0.25) is 14.2 Å². The second kappa shape index (κ2) is 10.0. The Hall–Kier alpha value is -3.10. The van der Waals surface area contributed by atoms with E-state index in [1.165, 1.54) is 11.8 Å². The number of hydrogen-bond donors (Lipinski definition) is 1. The molecule has 4 aromatic rings. The van der Waals surface area contributed by atoms with Gasteiger partial charge in [0.1, 0.15) is 10.6 Å². The molecule has 8 heteroatoms. The molecule has 34 heavy (non-hydrogen) atoms. The van der Waals surface area contributed by atoms with E-state index in [9.17, 15) is 9.59 Å². The highest BCUT2D eigenvalue weighted by atomic mass is 32.2. The first-order valence-electron chi connectivity index (χ1n) is 11.0. The van der Waals surface area contributed by atoms with Gasteiger partial charge in [0.15, 0.2) is 5.16 Å². The number of anilines is 1. The first kappa shape index (κ1) is 24.0. The number of ether oxygens (including phenoxy) is 1. The fourth-order valence-electron chi connectivity index (χ4n) is 3.94. The van der Waals surface area contributed by atoms with Gasteiger partial charge in [-0.15, -0.1) is 11.3 Å². The van der Waals surface area contributed by atoms with Crippen LogP contribution < -0.4 is 15.6 Å². The Bertz CT molecular complexity index is 1420. The molecule has 0 saturated heterocycles. The van der Waals surface area contributed by atoms with E-state index in [0.717, 1.165) is 33.7 Å². The fourth-order valence-corrected chi connectivity index (χ4v) is 5.91. The van der Waals surface area contributed by atoms with Crippen molar-refractivity contribution in [2.75, 3.05) is 18.2 Å². The number of fused-ring (bicyclic) bond motifs is 1. The van der Waals surface area contributed by atoms with Gasteiger partial charge in [0, 0.05) is 16.6 Å². The third kappa shape index (κ3) is 4.60. The molecule has 6 nitrogen and oxygen atoms in total. The summed E-state index contributed by atoms with van der Waals surface area (Å²) in [4.78, 5) is 33.2. The number of carbonyl (C=O) groups is 1. The molecule has 0 spiro atoms. The minimum atomic E-state index is -0.148. The second-order valence-electron chi connectivity index (χ2n) is 8.02. The molecule has 0 aliphatic heterocycles. The number of nitrogens with one attached hydrogen (secondary N) is 1. The predicted molar refractivity (Wildman–Crippen MR) is 141 cm³/mol. The highest BCUT2D eigenvalue weighted by molar-refractivity contribution is 7.99. The maximum absolute atomic E-state index is 13.7. The Morgan fingerprint density at radius 1 is 1.15 bits per heavy atom. The average molecular weight is 494 g/mol. The summed E-state index contributed by atoms with van der Waals surface area (Å²) in [6, 6.07) is 13.2. The summed E-state index contributed by atoms with van der Waals surface area (Å²) in [5, 5.41) is 4.12. The van der Waals surface area contributed by atoms with Crippen LogP contribution in [0.1, 0.15) is 28.5 Å². The molecular weight excluding hydrogens is 466 g/mol. The van der Waals surface area contributed by atoms with Gasteiger partial charge in [-0.25, -0.2) is 4.98 Å². The standard InChI is InChI=1S/C26H27N3O3S2/c1-6-20-17(4)22-24(34-20)28-26(29(25(22)31)18-11-8-12-19(13-18)32-5)33-14-21(30)27-23-15(2)9-7-10-16(23)3/h7-13H,6,14H2,1-5H3,(H,27,30). The molecule has 2 heterocycles. The van der Waals surface area contributed by atoms with Crippen molar-refractivity contribution in [3.05, 3.63) is 74.4 Å². The lowest BCUT2D eigenvalue weighted by atomic mass is 10.1. The van der Waals surface area contributed by atoms with Crippen molar-refractivity contribution >= 4 is 44.9 Å². The first-order valence-corrected chi connectivity index (χ1v) is 12.8. The van der Waals surface area contributed by atoms with Gasteiger partial charge in [-0.1, -0.05) is 43.0 Å². The molecule has 2 aromatic carbocycles. The van der Waals surface area contributed by atoms with Crippen molar-refractivity contribution in [3.8, 4) is 11.4 Å². The molecule has 0 radical (unpaired) electrons. The summed E-state index contributed by atoms with van der Waals surface area (Å²) >= 11 is 2.79. The smallest absolute Gasteiger partial charge is 0.267 e. The van der Waals surface area contributed by atoms with Crippen molar-refractivity contribution in [2.45, 2.75) is 39.3 Å². The predicted octanol–water partition coefficient (Wildman–Crippen LogP) is 5.67. The Labute approximate surface area is 207 Å². The van der Waals surface area contributed by atoms with Crippen LogP contribution in [0.15, 0.2) is 52.4 Å². The normalized spacial score (nSPS) is 11.1. The van der Waals surface area contributed by atoms with E-state index in [2.05, 4.69) is 12.2 Å². The number of carbonyl (C=O) groups excluding carboxylic acids is 1. The van der Waals surface area contributed by atoms with Crippen LogP contribution in [0.25, 0.3) is 15.9 Å². The number of thioether (sulfide) groups is 1. The molecule has 1 amide bonds. The van der Waals surface area contributed by atoms with Crippen LogP contribution in [0.3, 0.4) is 0 Å². The number of hydrogen-bond acceptors (Lipinski definition) is 6. The lowest BCUT2D eigenvalue weighted by Crippen LogP contribution is -2.23. The number of nitrogens with zero attached hydrogens (tertiary/aromatic N) is 2. The Balaban J connectivity index is 1.75. The van der Waals surface area contributed by atoms with E-state index in [1.807, 2.05) is 57.2 Å². The topological polar surface area (TPSA) is 73.2 Å². The third-order valence-electron chi connectivity index (χ3n) is 5.74. The van der Waals surface area contributed by atoms with Crippen LogP contribution in [0.5, 0.6) is 5.75 Å². The van der Waals surface area contributed by atoms with Gasteiger partial charge in [-0.2, -0.15) is 0 Å². The van der Waals surface area contributed by atoms with E-state index in [0.29, 0.717) is 26.8 Å². The van der Waals surface area contributed by atoms with Crippen LogP contribution in [-0.2, 0) is 11.2 Å². The Morgan fingerprint density at radius 2 is 1.85 bits per heavy atom. The fraction of sp³-hybridized carbons (Fsp3) is 0.269. The number of benzene rings is 2. The van der Waals surface area contributed by atoms with Crippen LogP contribution >= 0.6 is 23.1 Å². The molecule has 0 bridgehead atoms. The summed E-state index contributed by atoms with van der Waals surface area (Å²) in [5.41, 5.74) is 4.33. The molecule has 0 unspecified atom stereocenters. The van der Waals surface area contributed by atoms with Crippen LogP contribution in [-0.4, -0.2) is 28.3 Å². The van der Waals surface area contributed by atoms with Gasteiger partial charge < -0.3 is 10.1 Å². The van der Waals surface area contributed by atoms with Gasteiger partial charge >= 0.3 is 0 Å². The molecule has 0 atom stereocenters. The monoisotopic (exact) mass is 493 g/mol. The zero-order valence-electron chi connectivity index (χ0n) is 19.9. The van der Waals surface area contributed by atoms with E-state index in [-0.39, 0.29) is 17.2 Å². The highest BCUT2D eigenvalue weighted by Gasteiger charge is 2.20. The van der Waals surface area contributed by atoms with E-state index in [1.54, 1.807) is 29.1 Å². The molecule has 0 saturated carbocycles. The number of amides is 1. The zero-order chi connectivity index (χ0) is 24.4. The molecular formula is C26H27N3O3S2. The van der Waals surface area contributed by atoms with Crippen LogP contribution in [0.4, 0.5) is 5.69 Å². The number of aromatic nitrogens is 2. The Morgan fingerprint density at radius 3 is 2.53 bits per heavy atom. The minimum absolute atomic E-state index is 0.126. The molecule has 1 N–H and O–H groups in total. The van der Waals surface area contributed by atoms with Crippen molar-refractivity contribution in [3.63, 3.8) is 0 Å². The van der Waals surface area contributed by atoms with E-state index >= 15 is 0 Å². The lowest BCUT2D eigenvalue weighted by molar-refractivity contribution is -0.113. The quantitative estimate of drug-likeness (QED) is 0.265. The van der Waals surface area contributed by atoms with Crippen molar-refractivity contribution < 1.29 is 9.53 Å². The lowest BCUT2D eigenvalue weighted by Gasteiger charge is -2.14. The second-order valence-corrected chi connectivity index (χ2v) is 10.1. The zero-order valence-corrected chi connectivity index (χ0v) is 21.5. The number of methoxy groups -OCH3 is 1. The first-order chi connectivity index (χ1) is 16.3. The van der Waals surface area contributed by atoms with Crippen molar-refractivity contribution in [2.24, 2.45) is 0 Å². The molecule has 0 aliphatic carbocycles. The van der Waals surface area contributed by atoms with E-state index in [4.69, 9.17) is 9.72 Å². The molecule has 0 fully saturated rings. The summed E-state index contributed by atoms with van der Waals surface area (Å²) < 4.78 is 6.96. The van der Waals surface area contributed by atoms with Crippen LogP contribution in [0.2, 0.25) is 0 Å². The van der Waals surface area contributed by atoms with E-state index < -0.39 is 0 Å². The summed E-state index contributed by atoms with van der Waals surface area (Å²) in [6.07, 6.45) is 0.839. The maximum Gasteiger partial charge on any atom is 0.267 e. The summed E-state index contributed by atoms with van der Waals surface area (Å²) in [5.74, 6) is 0.621. The van der Waals surface area contributed by atoms with Gasteiger partial charge in [0.2, 0.25) is 5.91 Å². The van der Waals surface area contributed by atoms with Gasteiger partial charge in [0.05, 0.1) is 23.9 Å². The van der Waals surface area contributed by atoms with Gasteiger partial charge in [-0.05, 0) is 56.0 Å². The molecule has 0 aliphatic rings. The number of aryl methyl sites for hydroxylation is 4.